The van der Waals surface area contributed by atoms with Gasteiger partial charge in [0.25, 0.3) is 4.96 Å². The molecule has 2 aromatic rings. The van der Waals surface area contributed by atoms with Crippen LogP contribution in [-0.4, -0.2) is 32.4 Å². The van der Waals surface area contributed by atoms with Crippen LogP contribution in [-0.2, 0) is 0 Å². The summed E-state index contributed by atoms with van der Waals surface area (Å²) in [7, 11) is 0. The summed E-state index contributed by atoms with van der Waals surface area (Å²) in [6, 6.07) is 0.147. The van der Waals surface area contributed by atoms with Crippen molar-refractivity contribution in [2.24, 2.45) is 0 Å². The van der Waals surface area contributed by atoms with Gasteiger partial charge in [-0.15, -0.1) is 0 Å². The van der Waals surface area contributed by atoms with Crippen molar-refractivity contribution < 1.29 is 4.92 Å². The Balaban J connectivity index is 2.35. The van der Waals surface area contributed by atoms with Crippen molar-refractivity contribution in [1.82, 2.24) is 9.38 Å². The highest BCUT2D eigenvalue weighted by atomic mass is 32.2. The molecular weight excluding hydrogens is 260 g/mol. The minimum atomic E-state index is -0.402. The van der Waals surface area contributed by atoms with Gasteiger partial charge in [-0.1, -0.05) is 11.3 Å². The topological polar surface area (TPSA) is 72.5 Å². The Hall–Kier alpha value is -1.28. The second-order valence-electron chi connectivity index (χ2n) is 3.60. The second-order valence-corrected chi connectivity index (χ2v) is 5.38. The van der Waals surface area contributed by atoms with E-state index in [9.17, 15) is 10.1 Å². The minimum absolute atomic E-state index is 0.00852. The van der Waals surface area contributed by atoms with Crippen molar-refractivity contribution in [2.75, 3.05) is 17.3 Å². The number of nitrogens with one attached hydrogen (secondary N) is 1. The zero-order valence-electron chi connectivity index (χ0n) is 9.41. The molecule has 2 aromatic heterocycles. The fraction of sp³-hybridized carbons (Fsp3) is 0.444. The number of thioether (sulfide) groups is 1. The Morgan fingerprint density at radius 2 is 2.53 bits per heavy atom. The molecule has 1 unspecified atom stereocenters. The van der Waals surface area contributed by atoms with Gasteiger partial charge in [-0.05, 0) is 18.1 Å². The first-order valence-corrected chi connectivity index (χ1v) is 7.26. The van der Waals surface area contributed by atoms with E-state index in [0.29, 0.717) is 10.8 Å². The van der Waals surface area contributed by atoms with Crippen molar-refractivity contribution in [3.63, 3.8) is 0 Å². The first-order chi connectivity index (χ1) is 8.13. The van der Waals surface area contributed by atoms with E-state index in [2.05, 4.69) is 10.3 Å². The molecule has 0 saturated carbocycles. The number of thiazole rings is 1. The third-order valence-corrected chi connectivity index (χ3v) is 3.80. The SMILES string of the molecule is CSCC(C)Nc1nc2sccn2c1[N+](=O)[O-]. The third-order valence-electron chi connectivity index (χ3n) is 2.21. The van der Waals surface area contributed by atoms with Gasteiger partial charge in [0, 0.05) is 17.2 Å². The number of nitrogens with zero attached hydrogens (tertiary/aromatic N) is 3. The van der Waals surface area contributed by atoms with Crippen LogP contribution in [0.4, 0.5) is 11.6 Å². The molecule has 0 spiro atoms. The van der Waals surface area contributed by atoms with Gasteiger partial charge in [0.2, 0.25) is 5.82 Å². The number of fused-ring (bicyclic) bond motifs is 1. The zero-order valence-corrected chi connectivity index (χ0v) is 11.0. The molecule has 0 saturated heterocycles. The number of imidazole rings is 1. The van der Waals surface area contributed by atoms with Crippen molar-refractivity contribution in [2.45, 2.75) is 13.0 Å². The van der Waals surface area contributed by atoms with E-state index >= 15 is 0 Å². The summed E-state index contributed by atoms with van der Waals surface area (Å²) in [4.78, 5) is 15.5. The Morgan fingerprint density at radius 1 is 1.76 bits per heavy atom. The van der Waals surface area contributed by atoms with Crippen molar-refractivity contribution >= 4 is 39.7 Å². The zero-order chi connectivity index (χ0) is 12.4. The first-order valence-electron chi connectivity index (χ1n) is 4.99. The van der Waals surface area contributed by atoms with Crippen molar-refractivity contribution in [3.05, 3.63) is 21.7 Å². The van der Waals surface area contributed by atoms with Crippen molar-refractivity contribution in [1.29, 1.82) is 0 Å². The number of hydrogen-bond donors (Lipinski definition) is 1. The van der Waals surface area contributed by atoms with Gasteiger partial charge in [-0.2, -0.15) is 21.1 Å². The summed E-state index contributed by atoms with van der Waals surface area (Å²) in [5.41, 5.74) is 0. The van der Waals surface area contributed by atoms with Crippen LogP contribution in [0.5, 0.6) is 0 Å². The lowest BCUT2D eigenvalue weighted by atomic mass is 10.4. The molecule has 0 amide bonds. The van der Waals surface area contributed by atoms with Gasteiger partial charge in [-0.25, -0.2) is 0 Å². The van der Waals surface area contributed by atoms with Crippen LogP contribution in [0.1, 0.15) is 6.92 Å². The van der Waals surface area contributed by atoms with Gasteiger partial charge >= 0.3 is 5.82 Å². The highest BCUT2D eigenvalue weighted by molar-refractivity contribution is 7.98. The van der Waals surface area contributed by atoms with E-state index in [1.165, 1.54) is 15.7 Å². The minimum Gasteiger partial charge on any atom is -0.360 e. The molecule has 0 aliphatic heterocycles. The molecule has 2 heterocycles. The molecule has 0 aromatic carbocycles. The van der Waals surface area contributed by atoms with Gasteiger partial charge < -0.3 is 15.4 Å². The van der Waals surface area contributed by atoms with Crippen molar-refractivity contribution in [3.8, 4) is 0 Å². The Kier molecular flexibility index (Phi) is 3.53. The fourth-order valence-electron chi connectivity index (χ4n) is 1.57. The van der Waals surface area contributed by atoms with Gasteiger partial charge in [0.1, 0.15) is 6.20 Å². The summed E-state index contributed by atoms with van der Waals surface area (Å²) >= 11 is 3.07. The predicted molar refractivity (Wildman–Crippen MR) is 71.2 cm³/mol. The number of anilines is 1. The maximum atomic E-state index is 11.0. The summed E-state index contributed by atoms with van der Waals surface area (Å²) in [5.74, 6) is 1.24. The Bertz CT molecular complexity index is 536. The average molecular weight is 272 g/mol. The standard InChI is InChI=1S/C9H12N4O2S2/c1-6(5-16-2)10-7-8(13(14)15)12-3-4-17-9(12)11-7/h3-4,6,10H,5H2,1-2H3. The molecule has 1 atom stereocenters. The van der Waals surface area contributed by atoms with E-state index in [0.717, 1.165) is 5.75 Å². The lowest BCUT2D eigenvalue weighted by Crippen LogP contribution is -2.18. The van der Waals surface area contributed by atoms with Crippen LogP contribution >= 0.6 is 23.1 Å². The molecule has 6 nitrogen and oxygen atoms in total. The lowest BCUT2D eigenvalue weighted by molar-refractivity contribution is -0.389. The summed E-state index contributed by atoms with van der Waals surface area (Å²) in [6.07, 6.45) is 3.66. The summed E-state index contributed by atoms with van der Waals surface area (Å²) in [5, 5.41) is 15.9. The predicted octanol–water partition coefficient (Wildman–Crippen LogP) is 2.47. The second kappa shape index (κ2) is 4.92. The lowest BCUT2D eigenvalue weighted by Gasteiger charge is -2.10. The average Bonchev–Trinajstić information content (AvgIpc) is 2.76. The van der Waals surface area contributed by atoms with Gasteiger partial charge in [-0.3, -0.25) is 0 Å². The molecule has 0 radical (unpaired) electrons. The van der Waals surface area contributed by atoms with E-state index in [4.69, 9.17) is 0 Å². The molecule has 17 heavy (non-hydrogen) atoms. The molecule has 0 aliphatic carbocycles. The Labute approximate surface area is 106 Å². The van der Waals surface area contributed by atoms with Crippen LogP contribution in [0.25, 0.3) is 4.96 Å². The third kappa shape index (κ3) is 2.37. The molecule has 0 fully saturated rings. The highest BCUT2D eigenvalue weighted by Gasteiger charge is 2.24. The number of nitro groups is 1. The van der Waals surface area contributed by atoms with Crippen LogP contribution < -0.4 is 5.32 Å². The van der Waals surface area contributed by atoms with E-state index < -0.39 is 4.92 Å². The maximum absolute atomic E-state index is 11.0. The molecule has 0 bridgehead atoms. The van der Waals surface area contributed by atoms with Crippen LogP contribution in [0.15, 0.2) is 11.6 Å². The summed E-state index contributed by atoms with van der Waals surface area (Å²) < 4.78 is 1.50. The van der Waals surface area contributed by atoms with E-state index in [-0.39, 0.29) is 11.9 Å². The van der Waals surface area contributed by atoms with Crippen LogP contribution in [0.2, 0.25) is 0 Å². The highest BCUT2D eigenvalue weighted by Crippen LogP contribution is 2.28. The number of rotatable bonds is 5. The van der Waals surface area contributed by atoms with E-state index in [1.54, 1.807) is 23.3 Å². The quantitative estimate of drug-likeness (QED) is 0.668. The fourth-order valence-corrected chi connectivity index (χ4v) is 2.86. The molecule has 1 N–H and O–H groups in total. The normalized spacial score (nSPS) is 12.8. The van der Waals surface area contributed by atoms with Gasteiger partial charge in [0.05, 0.1) is 0 Å². The van der Waals surface area contributed by atoms with Crippen LogP contribution in [0, 0.1) is 10.1 Å². The van der Waals surface area contributed by atoms with Crippen LogP contribution in [0.3, 0.4) is 0 Å². The molecule has 2 rings (SSSR count). The molecule has 92 valence electrons. The first kappa shape index (κ1) is 12.2. The smallest absolute Gasteiger partial charge is 0.360 e. The maximum Gasteiger partial charge on any atom is 0.372 e. The largest absolute Gasteiger partial charge is 0.372 e. The number of aromatic nitrogens is 2. The summed E-state index contributed by atoms with van der Waals surface area (Å²) in [6.45, 7) is 1.98. The monoisotopic (exact) mass is 272 g/mol. The molecular formula is C9H12N4O2S2. The van der Waals surface area contributed by atoms with Gasteiger partial charge in [0.15, 0.2) is 0 Å². The Morgan fingerprint density at radius 3 is 3.18 bits per heavy atom. The van der Waals surface area contributed by atoms with E-state index in [1.807, 2.05) is 13.2 Å². The number of hydrogen-bond acceptors (Lipinski definition) is 6. The molecule has 0 aliphatic rings. The molecule has 8 heteroatoms.